The van der Waals surface area contributed by atoms with Gasteiger partial charge in [0.25, 0.3) is 0 Å². The van der Waals surface area contributed by atoms with E-state index in [1.54, 1.807) is 13.0 Å². The van der Waals surface area contributed by atoms with Crippen LogP contribution in [0.5, 0.6) is 0 Å². The number of benzene rings is 1. The van der Waals surface area contributed by atoms with Gasteiger partial charge >= 0.3 is 0 Å². The third-order valence-electron chi connectivity index (χ3n) is 3.63. The van der Waals surface area contributed by atoms with Crippen molar-refractivity contribution >= 4 is 18.0 Å². The number of carbonyl (C=O) groups is 1. The molecule has 0 aliphatic rings. The Balaban J connectivity index is 2.45. The molecule has 1 rings (SSSR count). The maximum Gasteiger partial charge on any atom is 0.145 e. The van der Waals surface area contributed by atoms with Gasteiger partial charge in [0, 0.05) is 19.8 Å². The second kappa shape index (κ2) is 13.1. The molecule has 0 N–H and O–H groups in total. The summed E-state index contributed by atoms with van der Waals surface area (Å²) < 4.78 is 0. The van der Waals surface area contributed by atoms with Crippen molar-refractivity contribution in [3.05, 3.63) is 108 Å². The number of hydrogen-bond acceptors (Lipinski definition) is 2. The lowest BCUT2D eigenvalue weighted by Gasteiger charge is -2.11. The van der Waals surface area contributed by atoms with Gasteiger partial charge in [0.05, 0.1) is 0 Å². The van der Waals surface area contributed by atoms with Gasteiger partial charge in [-0.3, -0.25) is 4.79 Å². The Bertz CT molecular complexity index is 782. The van der Waals surface area contributed by atoms with Crippen LogP contribution in [0.2, 0.25) is 0 Å². The fourth-order valence-corrected chi connectivity index (χ4v) is 2.01. The molecule has 0 saturated heterocycles. The Hall–Kier alpha value is -3.13. The molecule has 0 fully saturated rings. The maximum atomic E-state index is 10.4. The topological polar surface area (TPSA) is 20.3 Å². The predicted molar refractivity (Wildman–Crippen MR) is 120 cm³/mol. The van der Waals surface area contributed by atoms with Gasteiger partial charge in [-0.1, -0.05) is 90.6 Å². The summed E-state index contributed by atoms with van der Waals surface area (Å²) in [5.41, 5.74) is 4.28. The Morgan fingerprint density at radius 2 is 1.22 bits per heavy atom. The van der Waals surface area contributed by atoms with Crippen molar-refractivity contribution in [3.8, 4) is 0 Å². The number of aldehydes is 1. The number of hydrogen-bond donors (Lipinski definition) is 0. The SMILES string of the molecule is CC(C=O)=CC=CC=CC=CC=CC=C(C)C=Cc1ccc(N(C)C)cc1. The van der Waals surface area contributed by atoms with Crippen molar-refractivity contribution in [2.75, 3.05) is 19.0 Å². The fourth-order valence-electron chi connectivity index (χ4n) is 2.01. The average molecular weight is 360 g/mol. The summed E-state index contributed by atoms with van der Waals surface area (Å²) in [7, 11) is 4.08. The summed E-state index contributed by atoms with van der Waals surface area (Å²) in [6.45, 7) is 3.86. The molecule has 1 aromatic rings. The second-order valence-electron chi connectivity index (χ2n) is 6.30. The molecule has 0 heterocycles. The van der Waals surface area contributed by atoms with Crippen LogP contribution in [0, 0.1) is 0 Å². The molecular weight excluding hydrogens is 330 g/mol. The van der Waals surface area contributed by atoms with Gasteiger partial charge in [0.15, 0.2) is 0 Å². The number of rotatable bonds is 9. The first kappa shape index (κ1) is 21.9. The van der Waals surface area contributed by atoms with Crippen LogP contribution in [0.15, 0.2) is 102 Å². The van der Waals surface area contributed by atoms with Crippen molar-refractivity contribution in [1.82, 2.24) is 0 Å². The van der Waals surface area contributed by atoms with Gasteiger partial charge in [0.2, 0.25) is 0 Å². The summed E-state index contributed by atoms with van der Waals surface area (Å²) in [5.74, 6) is 0. The van der Waals surface area contributed by atoms with Crippen LogP contribution < -0.4 is 4.90 Å². The highest BCUT2D eigenvalue weighted by atomic mass is 16.1. The summed E-state index contributed by atoms with van der Waals surface area (Å²) in [5, 5.41) is 0. The monoisotopic (exact) mass is 359 g/mol. The zero-order valence-corrected chi connectivity index (χ0v) is 16.7. The number of anilines is 1. The minimum Gasteiger partial charge on any atom is -0.378 e. The fraction of sp³-hybridized carbons (Fsp3) is 0.160. The lowest BCUT2D eigenvalue weighted by Crippen LogP contribution is -2.07. The number of allylic oxidation sites excluding steroid dienone is 13. The van der Waals surface area contributed by atoms with Gasteiger partial charge < -0.3 is 4.90 Å². The first-order chi connectivity index (χ1) is 13.0. The first-order valence-electron chi connectivity index (χ1n) is 8.95. The van der Waals surface area contributed by atoms with Crippen molar-refractivity contribution in [1.29, 1.82) is 0 Å². The third-order valence-corrected chi connectivity index (χ3v) is 3.63. The van der Waals surface area contributed by atoms with Crippen LogP contribution in [-0.4, -0.2) is 20.4 Å². The Morgan fingerprint density at radius 1 is 0.741 bits per heavy atom. The van der Waals surface area contributed by atoms with Gasteiger partial charge in [-0.25, -0.2) is 0 Å². The molecule has 0 bridgehead atoms. The van der Waals surface area contributed by atoms with Crippen LogP contribution in [0.1, 0.15) is 19.4 Å². The first-order valence-corrected chi connectivity index (χ1v) is 8.95. The zero-order valence-electron chi connectivity index (χ0n) is 16.7. The van der Waals surface area contributed by atoms with Crippen LogP contribution in [0.4, 0.5) is 5.69 Å². The lowest BCUT2D eigenvalue weighted by molar-refractivity contribution is -0.104. The molecule has 0 aliphatic heterocycles. The number of nitrogens with zero attached hydrogens (tertiary/aromatic N) is 1. The molecule has 2 heteroatoms. The predicted octanol–water partition coefficient (Wildman–Crippen LogP) is 6.08. The summed E-state index contributed by atoms with van der Waals surface area (Å²) in [6.07, 6.45) is 24.5. The highest BCUT2D eigenvalue weighted by Gasteiger charge is 1.93. The Labute approximate surface area is 163 Å². The summed E-state index contributed by atoms with van der Waals surface area (Å²) >= 11 is 0. The van der Waals surface area contributed by atoms with Crippen molar-refractivity contribution in [2.24, 2.45) is 0 Å². The van der Waals surface area contributed by atoms with E-state index in [2.05, 4.69) is 54.3 Å². The molecule has 0 radical (unpaired) electrons. The minimum absolute atomic E-state index is 0.708. The molecule has 0 atom stereocenters. The summed E-state index contributed by atoms with van der Waals surface area (Å²) in [6, 6.07) is 8.47. The molecule has 0 spiro atoms. The molecule has 1 aromatic carbocycles. The van der Waals surface area contributed by atoms with Gasteiger partial charge in [-0.2, -0.15) is 0 Å². The van der Waals surface area contributed by atoms with E-state index in [0.29, 0.717) is 5.57 Å². The molecule has 0 amide bonds. The molecular formula is C25H29NO. The molecule has 27 heavy (non-hydrogen) atoms. The zero-order chi connectivity index (χ0) is 19.9. The standard InChI is InChI=1S/C25H29NO/c1-22(15-16-24-17-19-25(20-18-24)26(3)4)13-11-9-7-5-6-8-10-12-14-23(2)21-27/h5-21H,1-4H3. The quantitative estimate of drug-likeness (QED) is 0.302. The van der Waals surface area contributed by atoms with E-state index in [0.717, 1.165) is 6.29 Å². The van der Waals surface area contributed by atoms with Crippen LogP contribution >= 0.6 is 0 Å². The van der Waals surface area contributed by atoms with Crippen molar-refractivity contribution in [2.45, 2.75) is 13.8 Å². The minimum atomic E-state index is 0.708. The molecule has 0 unspecified atom stereocenters. The third kappa shape index (κ3) is 10.5. The van der Waals surface area contributed by atoms with E-state index in [1.807, 2.05) is 62.7 Å². The molecule has 0 saturated carbocycles. The van der Waals surface area contributed by atoms with Crippen LogP contribution in [0.3, 0.4) is 0 Å². The second-order valence-corrected chi connectivity index (χ2v) is 6.30. The highest BCUT2D eigenvalue weighted by molar-refractivity contribution is 5.72. The van der Waals surface area contributed by atoms with E-state index in [-0.39, 0.29) is 0 Å². The van der Waals surface area contributed by atoms with E-state index in [4.69, 9.17) is 0 Å². The molecule has 140 valence electrons. The van der Waals surface area contributed by atoms with E-state index in [1.165, 1.54) is 16.8 Å². The lowest BCUT2D eigenvalue weighted by atomic mass is 10.1. The van der Waals surface area contributed by atoms with Crippen molar-refractivity contribution in [3.63, 3.8) is 0 Å². The largest absolute Gasteiger partial charge is 0.378 e. The van der Waals surface area contributed by atoms with E-state index in [9.17, 15) is 4.79 Å². The molecule has 2 nitrogen and oxygen atoms in total. The Kier molecular flexibility index (Phi) is 10.7. The molecule has 0 aromatic heterocycles. The maximum absolute atomic E-state index is 10.4. The highest BCUT2D eigenvalue weighted by Crippen LogP contribution is 2.13. The Morgan fingerprint density at radius 3 is 1.70 bits per heavy atom. The van der Waals surface area contributed by atoms with Gasteiger partial charge in [0.1, 0.15) is 6.29 Å². The van der Waals surface area contributed by atoms with Crippen molar-refractivity contribution < 1.29 is 4.79 Å². The van der Waals surface area contributed by atoms with E-state index >= 15 is 0 Å². The van der Waals surface area contributed by atoms with E-state index < -0.39 is 0 Å². The average Bonchev–Trinajstić information content (AvgIpc) is 2.67. The number of carbonyl (C=O) groups excluding carboxylic acids is 1. The smallest absolute Gasteiger partial charge is 0.145 e. The molecule has 0 aliphatic carbocycles. The summed E-state index contributed by atoms with van der Waals surface area (Å²) in [4.78, 5) is 12.5. The van der Waals surface area contributed by atoms with Gasteiger partial charge in [-0.05, 0) is 37.1 Å². The van der Waals surface area contributed by atoms with Crippen LogP contribution in [0.25, 0.3) is 6.08 Å². The van der Waals surface area contributed by atoms with Crippen LogP contribution in [-0.2, 0) is 4.79 Å². The normalized spacial score (nSPS) is 13.8. The van der Waals surface area contributed by atoms with Gasteiger partial charge in [-0.15, -0.1) is 0 Å².